The summed E-state index contributed by atoms with van der Waals surface area (Å²) in [4.78, 5) is 133. The molecular formula is C49H74N16O9. The number of fused-ring (bicyclic) bond motifs is 1. The number of H-pyrrole nitrogens is 1. The third-order valence-electron chi connectivity index (χ3n) is 11.6. The molecular weight excluding hydrogens is 957 g/mol. The smallest absolute Gasteiger partial charge is 0.246 e. The summed E-state index contributed by atoms with van der Waals surface area (Å²) in [6.45, 7) is 7.73. The van der Waals surface area contributed by atoms with Crippen LogP contribution in [0.4, 0.5) is 0 Å². The van der Waals surface area contributed by atoms with Crippen LogP contribution in [0, 0.1) is 0 Å². The van der Waals surface area contributed by atoms with E-state index in [0.717, 1.165) is 23.9 Å². The van der Waals surface area contributed by atoms with Crippen molar-refractivity contribution in [3.63, 3.8) is 0 Å². The number of para-hydroxylation sites is 1. The average molecular weight is 1030 g/mol. The van der Waals surface area contributed by atoms with E-state index in [1.165, 1.54) is 27.7 Å². The van der Waals surface area contributed by atoms with E-state index < -0.39 is 101 Å². The molecule has 4 rings (SSSR count). The van der Waals surface area contributed by atoms with Crippen molar-refractivity contribution in [2.45, 2.75) is 128 Å². The summed E-state index contributed by atoms with van der Waals surface area (Å²) < 4.78 is 0. The van der Waals surface area contributed by atoms with Crippen molar-refractivity contribution in [1.82, 2.24) is 47.5 Å². The maximum Gasteiger partial charge on any atom is 0.246 e. The molecule has 0 spiro atoms. The number of guanidine groups is 2. The van der Waals surface area contributed by atoms with Crippen LogP contribution in [0.1, 0.15) is 90.7 Å². The molecule has 1 aliphatic heterocycles. The molecule has 404 valence electrons. The third kappa shape index (κ3) is 20.5. The van der Waals surface area contributed by atoms with Gasteiger partial charge < -0.3 is 76.2 Å². The predicted octanol–water partition coefficient (Wildman–Crippen LogP) is -2.30. The van der Waals surface area contributed by atoms with E-state index in [1.54, 1.807) is 36.5 Å². The summed E-state index contributed by atoms with van der Waals surface area (Å²) in [5.41, 5.74) is 25.4. The van der Waals surface area contributed by atoms with Crippen LogP contribution in [0.15, 0.2) is 70.8 Å². The van der Waals surface area contributed by atoms with Crippen molar-refractivity contribution in [3.8, 4) is 0 Å². The van der Waals surface area contributed by atoms with Gasteiger partial charge in [-0.1, -0.05) is 55.5 Å². The van der Waals surface area contributed by atoms with Gasteiger partial charge in [-0.3, -0.25) is 53.1 Å². The van der Waals surface area contributed by atoms with Crippen LogP contribution in [0.3, 0.4) is 0 Å². The molecule has 4 unspecified atom stereocenters. The number of nitrogens with one attached hydrogen (secondary N) is 9. The Hall–Kier alpha value is -8.25. The first-order chi connectivity index (χ1) is 34.9. The van der Waals surface area contributed by atoms with Crippen LogP contribution in [-0.2, 0) is 56.0 Å². The molecule has 2 heterocycles. The van der Waals surface area contributed by atoms with Gasteiger partial charge in [0.2, 0.25) is 53.2 Å². The highest BCUT2D eigenvalue weighted by molar-refractivity contribution is 6.00. The van der Waals surface area contributed by atoms with Gasteiger partial charge in [-0.25, -0.2) is 0 Å². The molecule has 3 aromatic rings. The predicted molar refractivity (Wildman–Crippen MR) is 279 cm³/mol. The number of hydrogen-bond acceptors (Lipinski definition) is 11. The van der Waals surface area contributed by atoms with E-state index in [4.69, 9.17) is 28.7 Å². The standard InChI is InChI=1S/C45H63N13O9.C4H11N3/c1-26(59)51-25-36(61)53-34-23-35(60)49-19-11-10-17-31(37(46)62)54-38(63)33(22-28-24-52-30-16-9-8-15-29(28)30)56-42(67)45(4,18-12-20-50-43(47)48)58-40(65)32(21-27-13-6-5-7-14-27)55-41(66)44(2,3)57-39(34)64;1-2-3-7-4(5)6/h5-9,13-16,24,31-34,52H,10-12,17-23,25H2,1-4H3,(H2,46,62)(H,49,60)(H,51,59)(H,53,61)(H,54,63)(H,55,66)(H,56,67)(H,57,64)(H,58,65)(H4,47,48,50);2-3H2,1H3,(H4,5,6,7)/t31?,32?,33-,34?,45?;/m0./s1. The van der Waals surface area contributed by atoms with Gasteiger partial charge >= 0.3 is 0 Å². The molecule has 1 aliphatic rings. The Morgan fingerprint density at radius 3 is 2.01 bits per heavy atom. The van der Waals surface area contributed by atoms with Crippen molar-refractivity contribution in [3.05, 3.63) is 71.9 Å². The first-order valence-electron chi connectivity index (χ1n) is 24.3. The Kier molecular flexibility index (Phi) is 23.8. The number of amides is 9. The van der Waals surface area contributed by atoms with E-state index in [1.807, 2.05) is 31.2 Å². The molecule has 25 nitrogen and oxygen atoms in total. The fourth-order valence-corrected chi connectivity index (χ4v) is 7.55. The lowest BCUT2D eigenvalue weighted by Crippen LogP contribution is -2.65. The molecule has 2 aromatic carbocycles. The first-order valence-corrected chi connectivity index (χ1v) is 24.3. The highest BCUT2D eigenvalue weighted by Gasteiger charge is 2.41. The molecule has 1 saturated heterocycles. The van der Waals surface area contributed by atoms with Gasteiger partial charge in [0, 0.05) is 56.5 Å². The number of aliphatic imine (C=N–C) groups is 2. The molecule has 5 atom stereocenters. The van der Waals surface area contributed by atoms with E-state index in [2.05, 4.69) is 57.5 Å². The lowest BCUT2D eigenvalue weighted by Gasteiger charge is -2.34. The van der Waals surface area contributed by atoms with Crippen molar-refractivity contribution >= 4 is 76.0 Å². The lowest BCUT2D eigenvalue weighted by atomic mass is 9.92. The van der Waals surface area contributed by atoms with Crippen LogP contribution in [0.2, 0.25) is 0 Å². The number of hydrogen-bond donors (Lipinski definition) is 14. The Morgan fingerprint density at radius 1 is 0.743 bits per heavy atom. The van der Waals surface area contributed by atoms with Crippen LogP contribution < -0.4 is 71.2 Å². The third-order valence-corrected chi connectivity index (χ3v) is 11.6. The molecule has 0 radical (unpaired) electrons. The Balaban J connectivity index is 0.00000192. The monoisotopic (exact) mass is 1030 g/mol. The first kappa shape index (κ1) is 60.1. The van der Waals surface area contributed by atoms with Gasteiger partial charge in [-0.05, 0) is 76.5 Å². The molecule has 9 amide bonds. The molecule has 0 aliphatic carbocycles. The van der Waals surface area contributed by atoms with Crippen molar-refractivity contribution in [2.24, 2.45) is 38.7 Å². The normalized spacial score (nSPS) is 21.3. The van der Waals surface area contributed by atoms with E-state index >= 15 is 0 Å². The average Bonchev–Trinajstić information content (AvgIpc) is 3.75. The molecule has 1 aromatic heterocycles. The summed E-state index contributed by atoms with van der Waals surface area (Å²) in [6, 6.07) is 10.6. The number of primary amides is 1. The van der Waals surface area contributed by atoms with Crippen LogP contribution in [-0.4, -0.2) is 131 Å². The molecule has 25 heteroatoms. The number of nitrogens with zero attached hydrogens (tertiary/aromatic N) is 2. The van der Waals surface area contributed by atoms with Gasteiger partial charge in [0.1, 0.15) is 35.2 Å². The topological polar surface area (TPSA) is 420 Å². The number of carbonyl (C=O) groups excluding carboxylic acids is 9. The second-order valence-electron chi connectivity index (χ2n) is 18.5. The quantitative estimate of drug-likeness (QED) is 0.0460. The molecule has 74 heavy (non-hydrogen) atoms. The Bertz CT molecular complexity index is 2490. The maximum absolute atomic E-state index is 14.7. The number of carbonyl (C=O) groups is 9. The molecule has 0 saturated carbocycles. The molecule has 1 fully saturated rings. The molecule has 19 N–H and O–H groups in total. The zero-order chi connectivity index (χ0) is 55.0. The van der Waals surface area contributed by atoms with Crippen molar-refractivity contribution < 1.29 is 43.2 Å². The summed E-state index contributed by atoms with van der Waals surface area (Å²) in [6.07, 6.45) is 2.70. The highest BCUT2D eigenvalue weighted by Crippen LogP contribution is 2.21. The van der Waals surface area contributed by atoms with Gasteiger partial charge in [0.15, 0.2) is 11.9 Å². The minimum absolute atomic E-state index is 0.0480. The Labute approximate surface area is 429 Å². The van der Waals surface area contributed by atoms with Gasteiger partial charge in [-0.15, -0.1) is 0 Å². The van der Waals surface area contributed by atoms with Gasteiger partial charge in [0.05, 0.1) is 13.0 Å². The van der Waals surface area contributed by atoms with E-state index in [-0.39, 0.29) is 63.5 Å². The van der Waals surface area contributed by atoms with Gasteiger partial charge in [0.25, 0.3) is 0 Å². The summed E-state index contributed by atoms with van der Waals surface area (Å²) in [5, 5.41) is 21.7. The van der Waals surface area contributed by atoms with Crippen LogP contribution in [0.25, 0.3) is 10.9 Å². The minimum atomic E-state index is -1.79. The Morgan fingerprint density at radius 2 is 1.38 bits per heavy atom. The van der Waals surface area contributed by atoms with Gasteiger partial charge in [-0.2, -0.15) is 0 Å². The van der Waals surface area contributed by atoms with Crippen LogP contribution >= 0.6 is 0 Å². The van der Waals surface area contributed by atoms with E-state index in [9.17, 15) is 43.2 Å². The summed E-state index contributed by atoms with van der Waals surface area (Å²) >= 11 is 0. The zero-order valence-corrected chi connectivity index (χ0v) is 42.7. The summed E-state index contributed by atoms with van der Waals surface area (Å²) in [7, 11) is 0. The number of rotatable bonds is 14. The second-order valence-corrected chi connectivity index (χ2v) is 18.5. The largest absolute Gasteiger partial charge is 0.370 e. The number of benzene rings is 2. The second kappa shape index (κ2) is 29.3. The fourth-order valence-electron chi connectivity index (χ4n) is 7.55. The lowest BCUT2D eigenvalue weighted by molar-refractivity contribution is -0.139. The van der Waals surface area contributed by atoms with E-state index in [0.29, 0.717) is 17.5 Å². The zero-order valence-electron chi connectivity index (χ0n) is 42.7. The number of nitrogens with two attached hydrogens (primary N) is 5. The van der Waals surface area contributed by atoms with Crippen molar-refractivity contribution in [2.75, 3.05) is 26.2 Å². The van der Waals surface area contributed by atoms with Crippen LogP contribution in [0.5, 0.6) is 0 Å². The number of aromatic nitrogens is 1. The SMILES string of the molecule is CC(=O)NCC(=O)NC1CC(=O)NCCCCC(C(N)=O)NC(=O)[C@H](Cc2c[nH]c3ccccc23)NC(=O)C(C)(CCCN=C(N)N)NC(=O)C(Cc2ccccc2)NC(=O)C(C)(C)NC1=O.CCCN=C(N)N. The highest BCUT2D eigenvalue weighted by atomic mass is 16.2. The summed E-state index contributed by atoms with van der Waals surface area (Å²) in [5.74, 6) is -6.96. The number of aromatic amines is 1. The van der Waals surface area contributed by atoms with Crippen molar-refractivity contribution in [1.29, 1.82) is 0 Å². The maximum atomic E-state index is 14.7. The molecule has 0 bridgehead atoms. The minimum Gasteiger partial charge on any atom is -0.370 e. The fraction of sp³-hybridized carbons (Fsp3) is 0.490.